The Balaban J connectivity index is 2.36. The summed E-state index contributed by atoms with van der Waals surface area (Å²) in [6.45, 7) is 1.48. The number of ether oxygens (including phenoxy) is 1. The summed E-state index contributed by atoms with van der Waals surface area (Å²) < 4.78 is 5.63. The van der Waals surface area contributed by atoms with Gasteiger partial charge in [0.05, 0.1) is 22.9 Å². The van der Waals surface area contributed by atoms with E-state index in [2.05, 4.69) is 4.98 Å². The van der Waals surface area contributed by atoms with Crippen LogP contribution in [0.3, 0.4) is 0 Å². The number of hydrogen-bond donors (Lipinski definition) is 1. The number of hydrogen-bond acceptors (Lipinski definition) is 4. The predicted octanol–water partition coefficient (Wildman–Crippen LogP) is 5.19. The molecule has 0 fully saturated rings. The lowest BCUT2D eigenvalue weighted by atomic mass is 10.1. The highest BCUT2D eigenvalue weighted by Crippen LogP contribution is 2.40. The van der Waals surface area contributed by atoms with Crippen LogP contribution in [-0.4, -0.2) is 23.8 Å². The standard InChI is InChI=1S/C16H11Cl2NO3S/c1-7(20)11-6-23-15-12(8-3-9(17)5-10(18)4-8)14(16(21)22-2)19-13(11)15/h3-6,19H,1-2H3. The highest BCUT2D eigenvalue weighted by Gasteiger charge is 2.24. The predicted molar refractivity (Wildman–Crippen MR) is 93.0 cm³/mol. The van der Waals surface area contributed by atoms with Crippen LogP contribution in [-0.2, 0) is 4.74 Å². The van der Waals surface area contributed by atoms with Gasteiger partial charge in [0, 0.05) is 21.0 Å². The molecule has 0 aliphatic rings. The molecule has 1 N–H and O–H groups in total. The Morgan fingerprint density at radius 2 is 1.83 bits per heavy atom. The number of H-pyrrole nitrogens is 1. The monoisotopic (exact) mass is 367 g/mol. The van der Waals surface area contributed by atoms with Crippen LogP contribution in [0.25, 0.3) is 21.3 Å². The number of aromatic nitrogens is 1. The summed E-state index contributed by atoms with van der Waals surface area (Å²) in [5.74, 6) is -0.599. The second-order valence-electron chi connectivity index (χ2n) is 4.93. The highest BCUT2D eigenvalue weighted by atomic mass is 35.5. The quantitative estimate of drug-likeness (QED) is 0.511. The smallest absolute Gasteiger partial charge is 0.355 e. The molecule has 0 amide bonds. The van der Waals surface area contributed by atoms with Crippen LogP contribution in [0.15, 0.2) is 23.6 Å². The maximum atomic E-state index is 12.1. The van der Waals surface area contributed by atoms with Crippen molar-refractivity contribution < 1.29 is 14.3 Å². The topological polar surface area (TPSA) is 59.2 Å². The Labute approximate surface area is 146 Å². The van der Waals surface area contributed by atoms with Gasteiger partial charge in [0.25, 0.3) is 0 Å². The van der Waals surface area contributed by atoms with Crippen molar-refractivity contribution in [3.63, 3.8) is 0 Å². The fourth-order valence-corrected chi connectivity index (χ4v) is 4.12. The normalized spacial score (nSPS) is 11.0. The van der Waals surface area contributed by atoms with Gasteiger partial charge in [-0.25, -0.2) is 4.79 Å². The lowest BCUT2D eigenvalue weighted by Crippen LogP contribution is -2.03. The van der Waals surface area contributed by atoms with Gasteiger partial charge in [-0.05, 0) is 30.7 Å². The van der Waals surface area contributed by atoms with Crippen molar-refractivity contribution in [1.29, 1.82) is 0 Å². The number of fused-ring (bicyclic) bond motifs is 1. The molecule has 4 nitrogen and oxygen atoms in total. The molecule has 3 rings (SSSR count). The minimum atomic E-state index is -0.519. The number of aromatic amines is 1. The van der Waals surface area contributed by atoms with E-state index in [1.807, 2.05) is 0 Å². The molecule has 3 aromatic rings. The molecule has 7 heteroatoms. The van der Waals surface area contributed by atoms with Crippen molar-refractivity contribution in [3.05, 3.63) is 44.9 Å². The molecule has 0 aliphatic heterocycles. The Morgan fingerprint density at radius 1 is 1.17 bits per heavy atom. The summed E-state index contributed by atoms with van der Waals surface area (Å²) in [4.78, 5) is 26.9. The fourth-order valence-electron chi connectivity index (χ4n) is 2.45. The Hall–Kier alpha value is -1.82. The minimum absolute atomic E-state index is 0.0791. The summed E-state index contributed by atoms with van der Waals surface area (Å²) in [6, 6.07) is 5.05. The minimum Gasteiger partial charge on any atom is -0.464 e. The zero-order chi connectivity index (χ0) is 16.7. The first-order valence-electron chi connectivity index (χ1n) is 6.61. The molecule has 0 spiro atoms. The van der Waals surface area contributed by atoms with Gasteiger partial charge in [-0.15, -0.1) is 11.3 Å². The molecule has 0 saturated carbocycles. The van der Waals surface area contributed by atoms with Crippen LogP contribution < -0.4 is 0 Å². The Morgan fingerprint density at radius 3 is 2.39 bits per heavy atom. The highest BCUT2D eigenvalue weighted by molar-refractivity contribution is 7.18. The zero-order valence-electron chi connectivity index (χ0n) is 12.2. The second kappa shape index (κ2) is 6.00. The third-order valence-electron chi connectivity index (χ3n) is 3.44. The Bertz CT molecular complexity index is 922. The molecule has 0 radical (unpaired) electrons. The van der Waals surface area contributed by atoms with Crippen molar-refractivity contribution in [2.75, 3.05) is 7.11 Å². The molecule has 0 bridgehead atoms. The fraction of sp³-hybridized carbons (Fsp3) is 0.125. The van der Waals surface area contributed by atoms with Crippen molar-refractivity contribution in [1.82, 2.24) is 4.98 Å². The molecule has 118 valence electrons. The average Bonchev–Trinajstić information content (AvgIpc) is 3.03. The molecule has 0 aliphatic carbocycles. The van der Waals surface area contributed by atoms with Gasteiger partial charge >= 0.3 is 5.97 Å². The summed E-state index contributed by atoms with van der Waals surface area (Å²) in [5, 5.41) is 2.68. The van der Waals surface area contributed by atoms with Crippen molar-refractivity contribution in [3.8, 4) is 11.1 Å². The van der Waals surface area contributed by atoms with Crippen LogP contribution in [0.5, 0.6) is 0 Å². The Kier molecular flexibility index (Phi) is 4.19. The zero-order valence-corrected chi connectivity index (χ0v) is 14.5. The van der Waals surface area contributed by atoms with Crippen LogP contribution in [0, 0.1) is 0 Å². The first-order chi connectivity index (χ1) is 10.9. The van der Waals surface area contributed by atoms with E-state index >= 15 is 0 Å². The van der Waals surface area contributed by atoms with E-state index in [0.29, 0.717) is 32.3 Å². The molecule has 2 heterocycles. The number of halogens is 2. The second-order valence-corrected chi connectivity index (χ2v) is 6.69. The van der Waals surface area contributed by atoms with Crippen molar-refractivity contribution >= 4 is 56.5 Å². The maximum Gasteiger partial charge on any atom is 0.355 e. The number of benzene rings is 1. The first kappa shape index (κ1) is 16.1. The van der Waals surface area contributed by atoms with Gasteiger partial charge in [0.2, 0.25) is 0 Å². The SMILES string of the molecule is COC(=O)c1[nH]c2c(C(C)=O)csc2c1-c1cc(Cl)cc(Cl)c1. The number of thiophene rings is 1. The first-order valence-corrected chi connectivity index (χ1v) is 8.24. The maximum absolute atomic E-state index is 12.1. The molecule has 23 heavy (non-hydrogen) atoms. The lowest BCUT2D eigenvalue weighted by Gasteiger charge is -2.05. The van der Waals surface area contributed by atoms with Gasteiger partial charge in [-0.3, -0.25) is 4.79 Å². The number of rotatable bonds is 3. The third kappa shape index (κ3) is 2.76. The van der Waals surface area contributed by atoms with E-state index in [1.165, 1.54) is 25.4 Å². The number of ketones is 1. The van der Waals surface area contributed by atoms with E-state index in [-0.39, 0.29) is 11.5 Å². The summed E-state index contributed by atoms with van der Waals surface area (Å²) >= 11 is 13.5. The lowest BCUT2D eigenvalue weighted by molar-refractivity contribution is 0.0596. The molecule has 1 aromatic carbocycles. The molecule has 0 atom stereocenters. The number of methoxy groups -OCH3 is 1. The van der Waals surface area contributed by atoms with Gasteiger partial charge < -0.3 is 9.72 Å². The molecule has 2 aromatic heterocycles. The average molecular weight is 368 g/mol. The van der Waals surface area contributed by atoms with E-state index in [0.717, 1.165) is 4.70 Å². The molecule has 0 unspecified atom stereocenters. The van der Waals surface area contributed by atoms with E-state index in [4.69, 9.17) is 27.9 Å². The van der Waals surface area contributed by atoms with Crippen LogP contribution in [0.4, 0.5) is 0 Å². The molecular weight excluding hydrogens is 357 g/mol. The van der Waals surface area contributed by atoms with E-state index in [9.17, 15) is 9.59 Å². The largest absolute Gasteiger partial charge is 0.464 e. The van der Waals surface area contributed by atoms with Crippen LogP contribution >= 0.6 is 34.5 Å². The molecule has 0 saturated heterocycles. The van der Waals surface area contributed by atoms with Gasteiger partial charge in [0.1, 0.15) is 5.69 Å². The van der Waals surface area contributed by atoms with Gasteiger partial charge in [-0.1, -0.05) is 23.2 Å². The van der Waals surface area contributed by atoms with Crippen LogP contribution in [0.2, 0.25) is 10.0 Å². The third-order valence-corrected chi connectivity index (χ3v) is 4.87. The van der Waals surface area contributed by atoms with Gasteiger partial charge in [0.15, 0.2) is 5.78 Å². The molecular formula is C16H11Cl2NO3S. The summed E-state index contributed by atoms with van der Waals surface area (Å²) in [5.41, 5.74) is 2.75. The summed E-state index contributed by atoms with van der Waals surface area (Å²) in [7, 11) is 1.30. The number of esters is 1. The van der Waals surface area contributed by atoms with Gasteiger partial charge in [-0.2, -0.15) is 0 Å². The number of nitrogens with one attached hydrogen (secondary N) is 1. The number of carbonyl (C=O) groups is 2. The summed E-state index contributed by atoms with van der Waals surface area (Å²) in [6.07, 6.45) is 0. The van der Waals surface area contributed by atoms with E-state index < -0.39 is 5.97 Å². The number of carbonyl (C=O) groups excluding carboxylic acids is 2. The number of Topliss-reactive ketones (excluding diaryl/α,β-unsaturated/α-hetero) is 1. The van der Waals surface area contributed by atoms with Crippen LogP contribution in [0.1, 0.15) is 27.8 Å². The van der Waals surface area contributed by atoms with E-state index in [1.54, 1.807) is 23.6 Å². The van der Waals surface area contributed by atoms with Crippen molar-refractivity contribution in [2.24, 2.45) is 0 Å². The van der Waals surface area contributed by atoms with Crippen molar-refractivity contribution in [2.45, 2.75) is 6.92 Å².